The number of benzene rings is 2. The van der Waals surface area contributed by atoms with Crippen molar-refractivity contribution in [2.75, 3.05) is 37.5 Å². The van der Waals surface area contributed by atoms with Gasteiger partial charge in [0.25, 0.3) is 5.91 Å². The van der Waals surface area contributed by atoms with Crippen molar-refractivity contribution in [1.82, 2.24) is 10.3 Å². The molecule has 0 unspecified atom stereocenters. The van der Waals surface area contributed by atoms with Crippen LogP contribution in [0.4, 0.5) is 11.4 Å². The van der Waals surface area contributed by atoms with E-state index >= 15 is 0 Å². The van der Waals surface area contributed by atoms with Crippen LogP contribution in [-0.2, 0) is 14.9 Å². The number of aromatic nitrogens is 1. The molecule has 1 fully saturated rings. The van der Waals surface area contributed by atoms with E-state index < -0.39 is 11.4 Å². The molecule has 2 amide bonds. The Kier molecular flexibility index (Phi) is 7.63. The molecule has 37 heavy (non-hydrogen) atoms. The predicted molar refractivity (Wildman–Crippen MR) is 146 cm³/mol. The zero-order valence-corrected chi connectivity index (χ0v) is 22.8. The summed E-state index contributed by atoms with van der Waals surface area (Å²) in [6.07, 6.45) is 1.48. The maximum Gasteiger partial charge on any atom is 0.337 e. The van der Waals surface area contributed by atoms with E-state index in [2.05, 4.69) is 56.4 Å². The van der Waals surface area contributed by atoms with Crippen molar-refractivity contribution in [3.63, 3.8) is 0 Å². The summed E-state index contributed by atoms with van der Waals surface area (Å²) in [5.41, 5.74) is 3.22. The lowest BCUT2D eigenvalue weighted by Crippen LogP contribution is -2.65. The highest BCUT2D eigenvalue weighted by Crippen LogP contribution is 2.42. The maximum atomic E-state index is 14.0. The van der Waals surface area contributed by atoms with Gasteiger partial charge in [0, 0.05) is 25.8 Å². The molecule has 3 aromatic rings. The molecule has 2 aromatic carbocycles. The lowest BCUT2D eigenvalue weighted by molar-refractivity contribution is -0.122. The molecule has 0 aliphatic carbocycles. The summed E-state index contributed by atoms with van der Waals surface area (Å²) in [5.74, 6) is -0.719. The van der Waals surface area contributed by atoms with Gasteiger partial charge in [0.1, 0.15) is 10.0 Å². The molecule has 1 aliphatic rings. The van der Waals surface area contributed by atoms with E-state index in [0.717, 1.165) is 16.8 Å². The first-order valence-electron chi connectivity index (χ1n) is 11.9. The lowest BCUT2D eigenvalue weighted by Gasteiger charge is -2.51. The Morgan fingerprint density at radius 1 is 1.08 bits per heavy atom. The minimum Gasteiger partial charge on any atom is -0.465 e. The van der Waals surface area contributed by atoms with Gasteiger partial charge in [-0.15, -0.1) is 0 Å². The summed E-state index contributed by atoms with van der Waals surface area (Å²) < 4.78 is 5.29. The van der Waals surface area contributed by atoms with Crippen LogP contribution >= 0.6 is 15.9 Å². The number of nitrogens with one attached hydrogen (secondary N) is 2. The topological polar surface area (TPSA) is 101 Å². The molecule has 0 radical (unpaired) electrons. The van der Waals surface area contributed by atoms with Crippen molar-refractivity contribution >= 4 is 45.1 Å². The number of carbonyl (C=O) groups excluding carboxylic acids is 3. The molecule has 1 aliphatic heterocycles. The number of esters is 1. The zero-order chi connectivity index (χ0) is 26.7. The Morgan fingerprint density at radius 2 is 1.76 bits per heavy atom. The SMILES string of the molecule is CNC(=O)c1cc(Br)ncc1NC(=O)C1(c2ccccc2C(C)C)CN(c2ccc(C(=O)OC)cc2)C1. The van der Waals surface area contributed by atoms with Gasteiger partial charge < -0.3 is 20.3 Å². The Morgan fingerprint density at radius 3 is 2.38 bits per heavy atom. The van der Waals surface area contributed by atoms with Crippen molar-refractivity contribution in [3.05, 3.63) is 87.7 Å². The average Bonchev–Trinajstić information content (AvgIpc) is 2.88. The van der Waals surface area contributed by atoms with Crippen molar-refractivity contribution in [3.8, 4) is 0 Å². The van der Waals surface area contributed by atoms with Crippen molar-refractivity contribution < 1.29 is 19.1 Å². The molecule has 0 saturated carbocycles. The molecule has 1 saturated heterocycles. The van der Waals surface area contributed by atoms with E-state index in [-0.39, 0.29) is 17.7 Å². The molecule has 1 aromatic heterocycles. The molecule has 2 N–H and O–H groups in total. The van der Waals surface area contributed by atoms with E-state index in [1.165, 1.54) is 20.4 Å². The second kappa shape index (κ2) is 10.7. The predicted octanol–water partition coefficient (Wildman–Crippen LogP) is 4.51. The van der Waals surface area contributed by atoms with E-state index in [1.807, 2.05) is 30.3 Å². The minimum absolute atomic E-state index is 0.211. The number of pyridine rings is 1. The van der Waals surface area contributed by atoms with Crippen LogP contribution in [0.15, 0.2) is 65.4 Å². The largest absolute Gasteiger partial charge is 0.465 e. The first kappa shape index (κ1) is 26.3. The molecule has 2 heterocycles. The Hall–Kier alpha value is -3.72. The third-order valence-corrected chi connectivity index (χ3v) is 7.13. The van der Waals surface area contributed by atoms with Crippen LogP contribution in [-0.4, -0.2) is 50.0 Å². The summed E-state index contributed by atoms with van der Waals surface area (Å²) in [7, 11) is 2.89. The van der Waals surface area contributed by atoms with Gasteiger partial charge in [0.15, 0.2) is 0 Å². The van der Waals surface area contributed by atoms with Gasteiger partial charge in [0.05, 0.1) is 30.1 Å². The smallest absolute Gasteiger partial charge is 0.337 e. The fraction of sp³-hybridized carbons (Fsp3) is 0.286. The standard InChI is InChI=1S/C28H29BrN4O4/c1-17(2)20-7-5-6-8-22(20)28(15-33(16-28)19-11-9-18(10-12-19)26(35)37-4)27(36)32-23-14-31-24(29)13-21(23)25(34)30-3/h5-14,17H,15-16H2,1-4H3,(H,30,34)(H,32,36). The highest BCUT2D eigenvalue weighted by molar-refractivity contribution is 9.10. The van der Waals surface area contributed by atoms with Gasteiger partial charge in [-0.2, -0.15) is 0 Å². The summed E-state index contributed by atoms with van der Waals surface area (Å²) in [5, 5.41) is 5.60. The van der Waals surface area contributed by atoms with Gasteiger partial charge in [0.2, 0.25) is 5.91 Å². The minimum atomic E-state index is -0.852. The lowest BCUT2D eigenvalue weighted by atomic mass is 9.69. The van der Waals surface area contributed by atoms with Gasteiger partial charge in [-0.1, -0.05) is 38.1 Å². The highest BCUT2D eigenvalue weighted by atomic mass is 79.9. The summed E-state index contributed by atoms with van der Waals surface area (Å²) >= 11 is 3.30. The van der Waals surface area contributed by atoms with Gasteiger partial charge in [-0.25, -0.2) is 9.78 Å². The van der Waals surface area contributed by atoms with Crippen LogP contribution < -0.4 is 15.5 Å². The number of ether oxygens (including phenoxy) is 1. The summed E-state index contributed by atoms with van der Waals surface area (Å²) in [4.78, 5) is 44.7. The number of anilines is 2. The number of halogens is 1. The average molecular weight is 565 g/mol. The molecule has 0 spiro atoms. The molecule has 8 nitrogen and oxygen atoms in total. The van der Waals surface area contributed by atoms with Crippen molar-refractivity contribution in [1.29, 1.82) is 0 Å². The van der Waals surface area contributed by atoms with Crippen molar-refractivity contribution in [2.24, 2.45) is 0 Å². The van der Waals surface area contributed by atoms with Gasteiger partial charge in [-0.05, 0) is 63.3 Å². The fourth-order valence-electron chi connectivity index (χ4n) is 4.68. The molecular weight excluding hydrogens is 536 g/mol. The van der Waals surface area contributed by atoms with Crippen LogP contribution in [0.2, 0.25) is 0 Å². The van der Waals surface area contributed by atoms with E-state index in [4.69, 9.17) is 4.74 Å². The van der Waals surface area contributed by atoms with Gasteiger partial charge in [-0.3, -0.25) is 9.59 Å². The number of methoxy groups -OCH3 is 1. The van der Waals surface area contributed by atoms with Crippen LogP contribution in [0.5, 0.6) is 0 Å². The van der Waals surface area contributed by atoms with E-state index in [1.54, 1.807) is 18.2 Å². The van der Waals surface area contributed by atoms with E-state index in [0.29, 0.717) is 34.5 Å². The number of hydrogen-bond donors (Lipinski definition) is 2. The number of nitrogens with zero attached hydrogens (tertiary/aromatic N) is 2. The summed E-state index contributed by atoms with van der Waals surface area (Å²) in [6.45, 7) is 5.07. The molecular formula is C28H29BrN4O4. The third kappa shape index (κ3) is 5.09. The quantitative estimate of drug-likeness (QED) is 0.323. The normalized spacial score (nSPS) is 14.1. The molecule has 9 heteroatoms. The molecule has 192 valence electrons. The summed E-state index contributed by atoms with van der Waals surface area (Å²) in [6, 6.07) is 16.7. The van der Waals surface area contributed by atoms with Crippen molar-refractivity contribution in [2.45, 2.75) is 25.2 Å². The first-order chi connectivity index (χ1) is 17.7. The number of carbonyl (C=O) groups is 3. The molecule has 0 atom stereocenters. The fourth-order valence-corrected chi connectivity index (χ4v) is 5.01. The monoisotopic (exact) mass is 564 g/mol. The molecule has 4 rings (SSSR count). The second-order valence-electron chi connectivity index (χ2n) is 9.30. The zero-order valence-electron chi connectivity index (χ0n) is 21.2. The highest BCUT2D eigenvalue weighted by Gasteiger charge is 2.52. The van der Waals surface area contributed by atoms with Crippen LogP contribution in [0, 0.1) is 0 Å². The Bertz CT molecular complexity index is 1330. The number of amides is 2. The Labute approximate surface area is 224 Å². The van der Waals surface area contributed by atoms with Crippen LogP contribution in [0.25, 0.3) is 0 Å². The van der Waals surface area contributed by atoms with Crippen LogP contribution in [0.3, 0.4) is 0 Å². The maximum absolute atomic E-state index is 14.0. The Balaban J connectivity index is 1.70. The number of hydrogen-bond acceptors (Lipinski definition) is 6. The van der Waals surface area contributed by atoms with Crippen LogP contribution in [0.1, 0.15) is 51.6 Å². The van der Waals surface area contributed by atoms with E-state index in [9.17, 15) is 14.4 Å². The van der Waals surface area contributed by atoms with Gasteiger partial charge >= 0.3 is 5.97 Å². The number of rotatable bonds is 7. The second-order valence-corrected chi connectivity index (χ2v) is 10.1. The third-order valence-electron chi connectivity index (χ3n) is 6.70. The molecule has 0 bridgehead atoms. The first-order valence-corrected chi connectivity index (χ1v) is 12.7.